The summed E-state index contributed by atoms with van der Waals surface area (Å²) in [6, 6.07) is 3.68. The summed E-state index contributed by atoms with van der Waals surface area (Å²) < 4.78 is 25.0. The molecule has 2 aromatic rings. The Bertz CT molecular complexity index is 828. The van der Waals surface area contributed by atoms with Gasteiger partial charge in [0, 0.05) is 5.69 Å². The van der Waals surface area contributed by atoms with E-state index in [9.17, 15) is 18.0 Å². The topological polar surface area (TPSA) is 145 Å². The fourth-order valence-electron chi connectivity index (χ4n) is 1.56. The fourth-order valence-corrected chi connectivity index (χ4v) is 4.34. The Morgan fingerprint density at radius 1 is 1.38 bits per heavy atom. The molecular weight excluding hydrogens is 316 g/mol. The van der Waals surface area contributed by atoms with Crippen LogP contribution in [0.4, 0.5) is 10.5 Å². The van der Waals surface area contributed by atoms with Crippen LogP contribution >= 0.6 is 11.3 Å². The van der Waals surface area contributed by atoms with E-state index < -0.39 is 27.0 Å². The second kappa shape index (κ2) is 5.30. The first-order valence-corrected chi connectivity index (χ1v) is 8.08. The Morgan fingerprint density at radius 2 is 2.05 bits per heavy atom. The van der Waals surface area contributed by atoms with Crippen molar-refractivity contribution in [1.29, 1.82) is 0 Å². The minimum Gasteiger partial charge on any atom is -0.399 e. The molecule has 0 spiro atoms. The third kappa shape index (κ3) is 2.95. The number of nitrogens with one attached hydrogen (secondary N) is 1. The van der Waals surface area contributed by atoms with E-state index in [4.69, 9.17) is 11.5 Å². The molecule has 1 aromatic heterocycles. The maximum absolute atomic E-state index is 12.3. The first-order chi connectivity index (χ1) is 9.71. The SMILES string of the molecule is CC(C(=O)NC(N)=O)S(=O)(=O)c1nc2ccc(N)cc2s1. The lowest BCUT2D eigenvalue weighted by atomic mass is 10.3. The number of carbonyl (C=O) groups excluding carboxylic acids is 2. The lowest BCUT2D eigenvalue weighted by Crippen LogP contribution is -2.43. The average molecular weight is 328 g/mol. The van der Waals surface area contributed by atoms with Crippen LogP contribution in [0.25, 0.3) is 10.2 Å². The van der Waals surface area contributed by atoms with Crippen LogP contribution in [0.2, 0.25) is 0 Å². The highest BCUT2D eigenvalue weighted by Gasteiger charge is 2.33. The molecule has 21 heavy (non-hydrogen) atoms. The molecule has 5 N–H and O–H groups in total. The summed E-state index contributed by atoms with van der Waals surface area (Å²) >= 11 is 0.908. The van der Waals surface area contributed by atoms with E-state index in [1.807, 2.05) is 0 Å². The number of hydrogen-bond donors (Lipinski definition) is 3. The van der Waals surface area contributed by atoms with Crippen LogP contribution in [0.15, 0.2) is 22.5 Å². The van der Waals surface area contributed by atoms with Gasteiger partial charge in [-0.3, -0.25) is 10.1 Å². The van der Waals surface area contributed by atoms with Crippen LogP contribution in [-0.2, 0) is 14.6 Å². The molecule has 2 rings (SSSR count). The molecule has 1 atom stereocenters. The normalized spacial score (nSPS) is 13.0. The van der Waals surface area contributed by atoms with E-state index in [0.29, 0.717) is 15.9 Å². The Hall–Kier alpha value is -2.20. The zero-order valence-electron chi connectivity index (χ0n) is 10.9. The third-order valence-electron chi connectivity index (χ3n) is 2.72. The van der Waals surface area contributed by atoms with Crippen molar-refractivity contribution in [2.45, 2.75) is 16.5 Å². The molecule has 0 fully saturated rings. The van der Waals surface area contributed by atoms with Crippen molar-refractivity contribution in [1.82, 2.24) is 10.3 Å². The number of nitrogens with zero attached hydrogens (tertiary/aromatic N) is 1. The van der Waals surface area contributed by atoms with Crippen molar-refractivity contribution in [2.75, 3.05) is 5.73 Å². The fraction of sp³-hybridized carbons (Fsp3) is 0.182. The van der Waals surface area contributed by atoms with Gasteiger partial charge in [0.25, 0.3) is 0 Å². The number of anilines is 1. The predicted octanol–water partition coefficient (Wildman–Crippen LogP) is 0.236. The Balaban J connectivity index is 2.41. The van der Waals surface area contributed by atoms with Crippen LogP contribution in [-0.4, -0.2) is 30.6 Å². The molecule has 112 valence electrons. The van der Waals surface area contributed by atoms with Gasteiger partial charge < -0.3 is 11.5 Å². The van der Waals surface area contributed by atoms with Gasteiger partial charge in [-0.2, -0.15) is 0 Å². The molecule has 1 unspecified atom stereocenters. The lowest BCUT2D eigenvalue weighted by molar-refractivity contribution is -0.119. The van der Waals surface area contributed by atoms with Gasteiger partial charge in [0.15, 0.2) is 0 Å². The molecular formula is C11H12N4O4S2. The predicted molar refractivity (Wildman–Crippen MR) is 78.4 cm³/mol. The number of aromatic nitrogens is 1. The molecule has 0 saturated heterocycles. The molecule has 1 aromatic carbocycles. The van der Waals surface area contributed by atoms with Crippen molar-refractivity contribution in [3.8, 4) is 0 Å². The maximum Gasteiger partial charge on any atom is 0.318 e. The van der Waals surface area contributed by atoms with Gasteiger partial charge in [0.05, 0.1) is 10.2 Å². The number of hydrogen-bond acceptors (Lipinski definition) is 7. The van der Waals surface area contributed by atoms with E-state index in [1.54, 1.807) is 23.5 Å². The summed E-state index contributed by atoms with van der Waals surface area (Å²) in [5.74, 6) is -0.999. The van der Waals surface area contributed by atoms with Gasteiger partial charge in [0.2, 0.25) is 20.1 Å². The van der Waals surface area contributed by atoms with E-state index in [1.165, 1.54) is 0 Å². The summed E-state index contributed by atoms with van der Waals surface area (Å²) in [4.78, 5) is 26.2. The smallest absolute Gasteiger partial charge is 0.318 e. The molecule has 0 aliphatic carbocycles. The van der Waals surface area contributed by atoms with Gasteiger partial charge in [-0.05, 0) is 25.1 Å². The van der Waals surface area contributed by atoms with Gasteiger partial charge in [-0.1, -0.05) is 0 Å². The van der Waals surface area contributed by atoms with Gasteiger partial charge in [0.1, 0.15) is 5.25 Å². The maximum atomic E-state index is 12.3. The molecule has 10 heteroatoms. The van der Waals surface area contributed by atoms with Crippen LogP contribution in [0.1, 0.15) is 6.92 Å². The number of primary amides is 1. The Labute approximate surface area is 124 Å². The van der Waals surface area contributed by atoms with E-state index >= 15 is 0 Å². The molecule has 0 bridgehead atoms. The molecule has 0 saturated carbocycles. The second-order valence-corrected chi connectivity index (χ2v) is 7.72. The van der Waals surface area contributed by atoms with Crippen molar-refractivity contribution in [2.24, 2.45) is 5.73 Å². The number of sulfone groups is 1. The molecule has 1 heterocycles. The Kier molecular flexibility index (Phi) is 3.83. The van der Waals surface area contributed by atoms with E-state index in [2.05, 4.69) is 4.98 Å². The number of thiazole rings is 1. The highest BCUT2D eigenvalue weighted by molar-refractivity contribution is 7.94. The zero-order chi connectivity index (χ0) is 15.8. The molecule has 0 radical (unpaired) electrons. The second-order valence-electron chi connectivity index (χ2n) is 4.25. The van der Waals surface area contributed by atoms with Crippen LogP contribution in [0, 0.1) is 0 Å². The monoisotopic (exact) mass is 328 g/mol. The summed E-state index contributed by atoms with van der Waals surface area (Å²) in [7, 11) is -4.01. The third-order valence-corrected chi connectivity index (χ3v) is 6.20. The first-order valence-electron chi connectivity index (χ1n) is 5.72. The number of carbonyl (C=O) groups is 2. The van der Waals surface area contributed by atoms with Gasteiger partial charge in [-0.25, -0.2) is 18.2 Å². The number of nitrogens with two attached hydrogens (primary N) is 2. The van der Waals surface area contributed by atoms with Crippen molar-refractivity contribution in [3.05, 3.63) is 18.2 Å². The van der Waals surface area contributed by atoms with E-state index in [-0.39, 0.29) is 4.34 Å². The Morgan fingerprint density at radius 3 is 2.67 bits per heavy atom. The standard InChI is InChI=1S/C11H12N4O4S2/c1-5(9(16)15-10(13)17)21(18,19)11-14-7-3-2-6(12)4-8(7)20-11/h2-5H,12H2,1H3,(H3,13,15,16,17). The largest absolute Gasteiger partial charge is 0.399 e. The van der Waals surface area contributed by atoms with Gasteiger partial charge >= 0.3 is 6.03 Å². The molecule has 3 amide bonds. The quantitative estimate of drug-likeness (QED) is 0.688. The van der Waals surface area contributed by atoms with Gasteiger partial charge in [-0.15, -0.1) is 11.3 Å². The van der Waals surface area contributed by atoms with Crippen LogP contribution < -0.4 is 16.8 Å². The number of rotatable bonds is 3. The molecule has 0 aliphatic rings. The summed E-state index contributed by atoms with van der Waals surface area (Å²) in [5.41, 5.74) is 11.4. The first kappa shape index (κ1) is 15.2. The van der Waals surface area contributed by atoms with Crippen molar-refractivity contribution >= 4 is 49.0 Å². The minimum absolute atomic E-state index is 0.213. The zero-order valence-corrected chi connectivity index (χ0v) is 12.5. The number of urea groups is 1. The van der Waals surface area contributed by atoms with Crippen molar-refractivity contribution < 1.29 is 18.0 Å². The molecule has 8 nitrogen and oxygen atoms in total. The number of imide groups is 1. The highest BCUT2D eigenvalue weighted by Crippen LogP contribution is 2.29. The van der Waals surface area contributed by atoms with Crippen molar-refractivity contribution in [3.63, 3.8) is 0 Å². The number of nitrogen functional groups attached to an aromatic ring is 1. The highest BCUT2D eigenvalue weighted by atomic mass is 32.2. The molecule has 0 aliphatic heterocycles. The lowest BCUT2D eigenvalue weighted by Gasteiger charge is -2.09. The summed E-state index contributed by atoms with van der Waals surface area (Å²) in [5, 5.41) is 0.255. The number of benzene rings is 1. The minimum atomic E-state index is -4.01. The van der Waals surface area contributed by atoms with Crippen LogP contribution in [0.3, 0.4) is 0 Å². The number of amides is 3. The average Bonchev–Trinajstić information content (AvgIpc) is 2.80. The van der Waals surface area contributed by atoms with Crippen LogP contribution in [0.5, 0.6) is 0 Å². The van der Waals surface area contributed by atoms with E-state index in [0.717, 1.165) is 18.3 Å². The summed E-state index contributed by atoms with van der Waals surface area (Å²) in [6.07, 6.45) is 0. The summed E-state index contributed by atoms with van der Waals surface area (Å²) in [6.45, 7) is 1.16. The number of fused-ring (bicyclic) bond motifs is 1.